The summed E-state index contributed by atoms with van der Waals surface area (Å²) in [5.41, 5.74) is 1.22. The second-order valence-corrected chi connectivity index (χ2v) is 5.46. The van der Waals surface area contributed by atoms with Crippen LogP contribution in [-0.2, 0) is 6.42 Å². The van der Waals surface area contributed by atoms with E-state index in [-0.39, 0.29) is 0 Å². The minimum Gasteiger partial charge on any atom is -0.465 e. The van der Waals surface area contributed by atoms with Gasteiger partial charge in [0.25, 0.3) is 0 Å². The lowest BCUT2D eigenvalue weighted by Gasteiger charge is -2.15. The van der Waals surface area contributed by atoms with Crippen molar-refractivity contribution in [2.45, 2.75) is 77.9 Å². The molecule has 1 rings (SSSR count). The van der Waals surface area contributed by atoms with Gasteiger partial charge in [0.05, 0.1) is 0 Å². The summed E-state index contributed by atoms with van der Waals surface area (Å²) in [6, 6.07) is 8.07. The number of para-hydroxylation sites is 1. The standard InChI is InChI=1S/C18H30O2/c1-3-5-6-7-8-9-10-13-16-14-11-12-15-17(16)20-18(19)4-2/h11-12,14-15,18-19H,3-10,13H2,1-2H3. The van der Waals surface area contributed by atoms with Crippen LogP contribution in [0.4, 0.5) is 0 Å². The number of aryl methyl sites for hydroxylation is 1. The van der Waals surface area contributed by atoms with Gasteiger partial charge in [-0.2, -0.15) is 0 Å². The van der Waals surface area contributed by atoms with Crippen LogP contribution in [0.1, 0.15) is 70.8 Å². The molecule has 114 valence electrons. The summed E-state index contributed by atoms with van der Waals surface area (Å²) >= 11 is 0. The first-order valence-corrected chi connectivity index (χ1v) is 8.20. The summed E-state index contributed by atoms with van der Waals surface area (Å²) < 4.78 is 5.56. The lowest BCUT2D eigenvalue weighted by Crippen LogP contribution is -2.14. The maximum atomic E-state index is 9.61. The van der Waals surface area contributed by atoms with Crippen LogP contribution in [0.15, 0.2) is 24.3 Å². The van der Waals surface area contributed by atoms with Crippen LogP contribution in [0.3, 0.4) is 0 Å². The van der Waals surface area contributed by atoms with Crippen LogP contribution in [0.2, 0.25) is 0 Å². The van der Waals surface area contributed by atoms with Gasteiger partial charge in [-0.15, -0.1) is 0 Å². The molecule has 0 radical (unpaired) electrons. The van der Waals surface area contributed by atoms with Crippen molar-refractivity contribution in [1.82, 2.24) is 0 Å². The van der Waals surface area contributed by atoms with Crippen molar-refractivity contribution >= 4 is 0 Å². The van der Waals surface area contributed by atoms with E-state index in [9.17, 15) is 5.11 Å². The number of aliphatic hydroxyl groups is 1. The predicted octanol–water partition coefficient (Wildman–Crippen LogP) is 5.09. The van der Waals surface area contributed by atoms with E-state index >= 15 is 0 Å². The second-order valence-electron chi connectivity index (χ2n) is 5.46. The van der Waals surface area contributed by atoms with Gasteiger partial charge in [-0.3, -0.25) is 0 Å². The Balaban J connectivity index is 2.28. The third-order valence-electron chi connectivity index (χ3n) is 3.63. The lowest BCUT2D eigenvalue weighted by molar-refractivity contribution is -0.0197. The molecule has 0 bridgehead atoms. The molecule has 1 aromatic rings. The molecule has 0 aliphatic rings. The predicted molar refractivity (Wildman–Crippen MR) is 85.1 cm³/mol. The second kappa shape index (κ2) is 10.7. The third kappa shape index (κ3) is 6.95. The summed E-state index contributed by atoms with van der Waals surface area (Å²) in [7, 11) is 0. The Hall–Kier alpha value is -1.02. The van der Waals surface area contributed by atoms with Gasteiger partial charge in [0, 0.05) is 6.42 Å². The van der Waals surface area contributed by atoms with Gasteiger partial charge < -0.3 is 9.84 Å². The molecule has 1 aromatic carbocycles. The first-order valence-electron chi connectivity index (χ1n) is 8.20. The van der Waals surface area contributed by atoms with Crippen LogP contribution in [-0.4, -0.2) is 11.4 Å². The molecule has 0 aliphatic heterocycles. The molecular weight excluding hydrogens is 248 g/mol. The monoisotopic (exact) mass is 278 g/mol. The molecule has 2 heteroatoms. The fourth-order valence-electron chi connectivity index (χ4n) is 2.33. The zero-order valence-corrected chi connectivity index (χ0v) is 13.1. The minimum atomic E-state index is -0.690. The summed E-state index contributed by atoms with van der Waals surface area (Å²) in [5.74, 6) is 0.841. The van der Waals surface area contributed by atoms with Crippen molar-refractivity contribution in [3.05, 3.63) is 29.8 Å². The van der Waals surface area contributed by atoms with Gasteiger partial charge in [-0.05, 0) is 24.5 Å². The van der Waals surface area contributed by atoms with Gasteiger partial charge in [0.2, 0.25) is 0 Å². The third-order valence-corrected chi connectivity index (χ3v) is 3.63. The Labute approximate surface area is 124 Å². The van der Waals surface area contributed by atoms with Crippen molar-refractivity contribution < 1.29 is 9.84 Å². The Morgan fingerprint density at radius 1 is 0.950 bits per heavy atom. The average molecular weight is 278 g/mol. The molecule has 0 aliphatic carbocycles. The van der Waals surface area contributed by atoms with E-state index in [1.54, 1.807) is 0 Å². The number of hydrogen-bond acceptors (Lipinski definition) is 2. The van der Waals surface area contributed by atoms with Crippen LogP contribution in [0.25, 0.3) is 0 Å². The highest BCUT2D eigenvalue weighted by Crippen LogP contribution is 2.22. The Kier molecular flexibility index (Phi) is 9.14. The highest BCUT2D eigenvalue weighted by molar-refractivity contribution is 5.33. The molecule has 0 saturated carbocycles. The molecular formula is C18H30O2. The minimum absolute atomic E-state index is 0.617. The number of rotatable bonds is 11. The van der Waals surface area contributed by atoms with E-state index in [0.717, 1.165) is 12.2 Å². The molecule has 1 unspecified atom stereocenters. The largest absolute Gasteiger partial charge is 0.465 e. The molecule has 0 spiro atoms. The summed E-state index contributed by atoms with van der Waals surface area (Å²) in [6.07, 6.45) is 10.2. The number of aliphatic hydroxyl groups excluding tert-OH is 1. The van der Waals surface area contributed by atoms with Gasteiger partial charge >= 0.3 is 0 Å². The molecule has 0 fully saturated rings. The lowest BCUT2D eigenvalue weighted by atomic mass is 10.0. The maximum Gasteiger partial charge on any atom is 0.197 e. The van der Waals surface area contributed by atoms with E-state index in [0.29, 0.717) is 6.42 Å². The van der Waals surface area contributed by atoms with Crippen molar-refractivity contribution in [2.24, 2.45) is 0 Å². The molecule has 2 nitrogen and oxygen atoms in total. The topological polar surface area (TPSA) is 29.5 Å². The highest BCUT2D eigenvalue weighted by Gasteiger charge is 2.07. The van der Waals surface area contributed by atoms with Crippen LogP contribution >= 0.6 is 0 Å². The smallest absolute Gasteiger partial charge is 0.197 e. The van der Waals surface area contributed by atoms with E-state index in [4.69, 9.17) is 4.74 Å². The fourth-order valence-corrected chi connectivity index (χ4v) is 2.33. The van der Waals surface area contributed by atoms with Crippen molar-refractivity contribution in [3.8, 4) is 5.75 Å². The number of unbranched alkanes of at least 4 members (excludes halogenated alkanes) is 6. The van der Waals surface area contributed by atoms with Gasteiger partial charge in [0.15, 0.2) is 6.29 Å². The SMILES string of the molecule is CCCCCCCCCc1ccccc1OC(O)CC. The van der Waals surface area contributed by atoms with Crippen molar-refractivity contribution in [2.75, 3.05) is 0 Å². The Morgan fingerprint density at radius 2 is 1.60 bits per heavy atom. The highest BCUT2D eigenvalue weighted by atomic mass is 16.6. The molecule has 1 atom stereocenters. The summed E-state index contributed by atoms with van der Waals surface area (Å²) in [5, 5.41) is 9.61. The normalized spacial score (nSPS) is 12.3. The van der Waals surface area contributed by atoms with Gasteiger partial charge in [-0.25, -0.2) is 0 Å². The van der Waals surface area contributed by atoms with Crippen LogP contribution in [0, 0.1) is 0 Å². The maximum absolute atomic E-state index is 9.61. The zero-order valence-electron chi connectivity index (χ0n) is 13.1. The van der Waals surface area contributed by atoms with E-state index < -0.39 is 6.29 Å². The summed E-state index contributed by atoms with van der Waals surface area (Å²) in [4.78, 5) is 0. The first-order chi connectivity index (χ1) is 9.77. The van der Waals surface area contributed by atoms with Crippen LogP contribution < -0.4 is 4.74 Å². The number of hydrogen-bond donors (Lipinski definition) is 1. The molecule has 0 aromatic heterocycles. The van der Waals surface area contributed by atoms with Crippen molar-refractivity contribution in [1.29, 1.82) is 0 Å². The van der Waals surface area contributed by atoms with Crippen molar-refractivity contribution in [3.63, 3.8) is 0 Å². The first kappa shape index (κ1) is 17.0. The molecule has 0 heterocycles. The zero-order chi connectivity index (χ0) is 14.6. The van der Waals surface area contributed by atoms with E-state index in [1.807, 2.05) is 25.1 Å². The fraction of sp³-hybridized carbons (Fsp3) is 0.667. The van der Waals surface area contributed by atoms with Crippen LogP contribution in [0.5, 0.6) is 5.75 Å². The molecule has 20 heavy (non-hydrogen) atoms. The Bertz CT molecular complexity index is 349. The average Bonchev–Trinajstić information content (AvgIpc) is 2.47. The summed E-state index contributed by atoms with van der Waals surface area (Å²) in [6.45, 7) is 4.17. The quantitative estimate of drug-likeness (QED) is 0.451. The molecule has 0 amide bonds. The number of ether oxygens (including phenoxy) is 1. The van der Waals surface area contributed by atoms with E-state index in [1.165, 1.54) is 50.5 Å². The van der Waals surface area contributed by atoms with Gasteiger partial charge in [0.1, 0.15) is 5.75 Å². The molecule has 0 saturated heterocycles. The van der Waals surface area contributed by atoms with E-state index in [2.05, 4.69) is 13.0 Å². The molecule has 1 N–H and O–H groups in total. The van der Waals surface area contributed by atoms with Gasteiger partial charge in [-0.1, -0.05) is 70.6 Å². The Morgan fingerprint density at radius 3 is 2.30 bits per heavy atom. The number of benzene rings is 1.